The minimum absolute atomic E-state index is 0.0105. The number of hydrogen-bond acceptors (Lipinski definition) is 7. The van der Waals surface area contributed by atoms with Gasteiger partial charge in [0.25, 0.3) is 0 Å². The van der Waals surface area contributed by atoms with E-state index in [1.54, 1.807) is 12.2 Å². The number of rotatable bonds is 9. The second-order valence-electron chi connectivity index (χ2n) is 12.3. The zero-order valence-corrected chi connectivity index (χ0v) is 22.5. The van der Waals surface area contributed by atoms with Crippen LogP contribution in [0.15, 0.2) is 54.1 Å². The van der Waals surface area contributed by atoms with Crippen molar-refractivity contribution in [3.05, 3.63) is 59.7 Å². The summed E-state index contributed by atoms with van der Waals surface area (Å²) in [6.45, 7) is 5.19. The summed E-state index contributed by atoms with van der Waals surface area (Å²) in [7, 11) is 0. The first-order valence-corrected chi connectivity index (χ1v) is 14.0. The molecule has 0 spiro atoms. The number of Topliss-reactive ketones (excluding diaryl/α,β-unsaturated/α-hetero) is 1. The van der Waals surface area contributed by atoms with Gasteiger partial charge in [-0.25, -0.2) is 0 Å². The maximum Gasteiger partial charge on any atom is 0.178 e. The van der Waals surface area contributed by atoms with E-state index < -0.39 is 24.0 Å². The summed E-state index contributed by atoms with van der Waals surface area (Å²) in [5, 5.41) is 33.5. The number of fused-ring (bicyclic) bond motifs is 5. The fourth-order valence-corrected chi connectivity index (χ4v) is 8.71. The van der Waals surface area contributed by atoms with E-state index in [1.165, 1.54) is 5.06 Å². The molecule has 7 heteroatoms. The second-order valence-corrected chi connectivity index (χ2v) is 12.3. The lowest BCUT2D eigenvalue weighted by Crippen LogP contribution is -2.56. The number of hydroxylamine groups is 2. The SMILES string of the molecule is C[C@]12C=CC(=O)C=C1CC[C@@H]1C2[C@@H](O)C[C@@]2(C)C1C[C@@H](CN(O)CCOCc1ccccc1)[C@@H]2C(=O)CO. The quantitative estimate of drug-likeness (QED) is 0.336. The smallest absolute Gasteiger partial charge is 0.178 e. The van der Waals surface area contributed by atoms with Crippen molar-refractivity contribution in [2.45, 2.75) is 52.2 Å². The average molecular weight is 524 g/mol. The summed E-state index contributed by atoms with van der Waals surface area (Å²) in [5.74, 6) is -0.381. The average Bonchev–Trinajstić information content (AvgIpc) is 3.18. The first-order valence-electron chi connectivity index (χ1n) is 14.0. The Balaban J connectivity index is 1.30. The molecule has 8 atom stereocenters. The molecule has 206 valence electrons. The number of aliphatic hydroxyl groups excluding tert-OH is 2. The summed E-state index contributed by atoms with van der Waals surface area (Å²) in [6, 6.07) is 9.88. The van der Waals surface area contributed by atoms with Crippen molar-refractivity contribution in [3.63, 3.8) is 0 Å². The number of hydrogen-bond donors (Lipinski definition) is 3. The fourth-order valence-electron chi connectivity index (χ4n) is 8.71. The molecule has 4 aliphatic rings. The van der Waals surface area contributed by atoms with Gasteiger partial charge >= 0.3 is 0 Å². The van der Waals surface area contributed by atoms with E-state index in [0.717, 1.165) is 30.4 Å². The largest absolute Gasteiger partial charge is 0.393 e. The zero-order chi connectivity index (χ0) is 27.1. The highest BCUT2D eigenvalue weighted by Gasteiger charge is 2.64. The lowest BCUT2D eigenvalue weighted by molar-refractivity contribution is -0.146. The van der Waals surface area contributed by atoms with E-state index in [4.69, 9.17) is 4.74 Å². The van der Waals surface area contributed by atoms with E-state index >= 15 is 0 Å². The van der Waals surface area contributed by atoms with Crippen LogP contribution < -0.4 is 0 Å². The van der Waals surface area contributed by atoms with Gasteiger partial charge in [-0.15, -0.1) is 0 Å². The maximum atomic E-state index is 13.2. The Bertz CT molecular complexity index is 1100. The molecule has 0 amide bonds. The Morgan fingerprint density at radius 1 is 1.21 bits per heavy atom. The van der Waals surface area contributed by atoms with Gasteiger partial charge in [-0.1, -0.05) is 55.8 Å². The standard InChI is InChI=1S/C31H41NO6/c1-30-11-10-23(34)15-22(30)8-9-24-25-14-21(17-32(37)12-13-38-19-20-6-4-3-5-7-20)28(27(36)18-33)31(25,2)16-26(35)29(24)30/h3-7,10-11,15,21,24-26,28-29,33,35,37H,8-9,12-14,16-19H2,1-2H3/t21-,24-,25?,26-,28+,29?,30-,31-/m0/s1. The Morgan fingerprint density at radius 2 is 1.97 bits per heavy atom. The molecule has 5 rings (SSSR count). The van der Waals surface area contributed by atoms with Crippen molar-refractivity contribution in [1.29, 1.82) is 0 Å². The Hall–Kier alpha value is -2.16. The van der Waals surface area contributed by atoms with Crippen LogP contribution in [0, 0.1) is 40.4 Å². The molecule has 3 fully saturated rings. The van der Waals surface area contributed by atoms with E-state index in [9.17, 15) is 25.0 Å². The summed E-state index contributed by atoms with van der Waals surface area (Å²) in [5.41, 5.74) is 1.35. The number of carbonyl (C=O) groups is 2. The van der Waals surface area contributed by atoms with Crippen LogP contribution in [0.3, 0.4) is 0 Å². The molecular weight excluding hydrogens is 482 g/mol. The number of carbonyl (C=O) groups excluding carboxylic acids is 2. The van der Waals surface area contributed by atoms with Crippen LogP contribution in [0.2, 0.25) is 0 Å². The molecule has 7 nitrogen and oxygen atoms in total. The third-order valence-electron chi connectivity index (χ3n) is 10.2. The van der Waals surface area contributed by atoms with E-state index in [0.29, 0.717) is 32.7 Å². The van der Waals surface area contributed by atoms with Crippen LogP contribution in [0.25, 0.3) is 0 Å². The molecule has 0 saturated heterocycles. The summed E-state index contributed by atoms with van der Waals surface area (Å²) >= 11 is 0. The van der Waals surface area contributed by atoms with Crippen molar-refractivity contribution < 1.29 is 29.7 Å². The molecule has 2 unspecified atom stereocenters. The van der Waals surface area contributed by atoms with Crippen LogP contribution in [0.5, 0.6) is 0 Å². The molecular formula is C31H41NO6. The number of ketones is 2. The molecule has 38 heavy (non-hydrogen) atoms. The molecule has 1 aromatic rings. The molecule has 0 radical (unpaired) electrons. The van der Waals surface area contributed by atoms with Gasteiger partial charge in [-0.3, -0.25) is 9.59 Å². The molecule has 1 aromatic carbocycles. The predicted octanol–water partition coefficient (Wildman–Crippen LogP) is 3.58. The third kappa shape index (κ3) is 4.84. The number of ether oxygens (including phenoxy) is 1. The normalized spacial score (nSPS) is 37.9. The number of nitrogens with zero attached hydrogens (tertiary/aromatic N) is 1. The van der Waals surface area contributed by atoms with E-state index in [1.807, 2.05) is 36.4 Å². The van der Waals surface area contributed by atoms with Gasteiger partial charge in [0.05, 0.1) is 19.3 Å². The maximum absolute atomic E-state index is 13.2. The monoisotopic (exact) mass is 523 g/mol. The zero-order valence-electron chi connectivity index (χ0n) is 22.5. The lowest BCUT2D eigenvalue weighted by atomic mass is 9.46. The van der Waals surface area contributed by atoms with Crippen LogP contribution in [-0.2, 0) is 20.9 Å². The molecule has 0 heterocycles. The van der Waals surface area contributed by atoms with Crippen LogP contribution in [0.4, 0.5) is 0 Å². The minimum atomic E-state index is -0.614. The van der Waals surface area contributed by atoms with Gasteiger partial charge in [0.15, 0.2) is 11.6 Å². The fraction of sp³-hybridized carbons (Fsp3) is 0.613. The second kappa shape index (κ2) is 10.8. The van der Waals surface area contributed by atoms with Gasteiger partial charge in [0.1, 0.15) is 6.61 Å². The van der Waals surface area contributed by atoms with Crippen molar-refractivity contribution >= 4 is 11.6 Å². The highest BCUT2D eigenvalue weighted by molar-refractivity contribution is 6.01. The molecule has 0 aliphatic heterocycles. The summed E-state index contributed by atoms with van der Waals surface area (Å²) in [6.07, 6.45) is 7.66. The third-order valence-corrected chi connectivity index (χ3v) is 10.2. The van der Waals surface area contributed by atoms with Gasteiger partial charge in [-0.05, 0) is 66.6 Å². The Labute approximate surface area is 225 Å². The summed E-state index contributed by atoms with van der Waals surface area (Å²) in [4.78, 5) is 25.2. The van der Waals surface area contributed by atoms with Crippen LogP contribution >= 0.6 is 0 Å². The molecule has 0 aromatic heterocycles. The van der Waals surface area contributed by atoms with Crippen LogP contribution in [-0.4, -0.2) is 64.5 Å². The topological polar surface area (TPSA) is 107 Å². The Kier molecular flexibility index (Phi) is 7.77. The molecule has 0 bridgehead atoms. The Morgan fingerprint density at radius 3 is 2.71 bits per heavy atom. The van der Waals surface area contributed by atoms with E-state index in [-0.39, 0.29) is 40.7 Å². The predicted molar refractivity (Wildman–Crippen MR) is 142 cm³/mol. The first-order chi connectivity index (χ1) is 18.2. The van der Waals surface area contributed by atoms with Gasteiger partial charge in [0.2, 0.25) is 0 Å². The lowest BCUT2D eigenvalue weighted by Gasteiger charge is -2.58. The van der Waals surface area contributed by atoms with Crippen molar-refractivity contribution in [2.24, 2.45) is 40.4 Å². The number of benzene rings is 1. The van der Waals surface area contributed by atoms with Crippen molar-refractivity contribution in [2.75, 3.05) is 26.3 Å². The van der Waals surface area contributed by atoms with Crippen molar-refractivity contribution in [1.82, 2.24) is 5.06 Å². The van der Waals surface area contributed by atoms with E-state index in [2.05, 4.69) is 13.8 Å². The van der Waals surface area contributed by atoms with Crippen molar-refractivity contribution in [3.8, 4) is 0 Å². The highest BCUT2D eigenvalue weighted by Crippen LogP contribution is 2.67. The van der Waals surface area contributed by atoms with Gasteiger partial charge < -0.3 is 20.2 Å². The summed E-state index contributed by atoms with van der Waals surface area (Å²) < 4.78 is 5.74. The van der Waals surface area contributed by atoms with Crippen LogP contribution in [0.1, 0.15) is 45.1 Å². The molecule has 3 N–H and O–H groups in total. The molecule has 3 saturated carbocycles. The molecule has 4 aliphatic carbocycles. The number of aliphatic hydroxyl groups is 2. The van der Waals surface area contributed by atoms with Gasteiger partial charge in [0, 0.05) is 30.3 Å². The highest BCUT2D eigenvalue weighted by atomic mass is 16.5. The first kappa shape index (κ1) is 27.4. The minimum Gasteiger partial charge on any atom is -0.393 e. The van der Waals surface area contributed by atoms with Gasteiger partial charge in [-0.2, -0.15) is 5.06 Å². The number of allylic oxidation sites excluding steroid dienone is 4.